The first-order chi connectivity index (χ1) is 12.2. The average molecular weight is 360 g/mol. The number of hydrogen-bond acceptors (Lipinski definition) is 3. The summed E-state index contributed by atoms with van der Waals surface area (Å²) in [6, 6.07) is 6.79. The number of halogens is 2. The van der Waals surface area contributed by atoms with E-state index in [0.29, 0.717) is 29.3 Å². The van der Waals surface area contributed by atoms with Gasteiger partial charge in [0.2, 0.25) is 0 Å². The monoisotopic (exact) mass is 360 g/mol. The first-order valence-electron chi connectivity index (χ1n) is 8.57. The Kier molecular flexibility index (Phi) is 4.96. The SMILES string of the molecule is CC(C)(C)NCCCOc1ccc2c(=O)c3c(F)cc(F)cc3[nH]c2c1. The van der Waals surface area contributed by atoms with Crippen LogP contribution in [0, 0.1) is 11.6 Å². The van der Waals surface area contributed by atoms with Crippen molar-refractivity contribution in [3.05, 3.63) is 52.2 Å². The molecule has 0 amide bonds. The van der Waals surface area contributed by atoms with Gasteiger partial charge in [0.15, 0.2) is 5.43 Å². The van der Waals surface area contributed by atoms with Gasteiger partial charge in [0.05, 0.1) is 23.0 Å². The van der Waals surface area contributed by atoms with Gasteiger partial charge in [-0.15, -0.1) is 0 Å². The predicted octanol–water partition coefficient (Wildman–Crippen LogP) is 4.12. The van der Waals surface area contributed by atoms with E-state index < -0.39 is 17.1 Å². The molecule has 0 saturated carbocycles. The van der Waals surface area contributed by atoms with Crippen LogP contribution in [-0.4, -0.2) is 23.7 Å². The van der Waals surface area contributed by atoms with Crippen LogP contribution in [0.25, 0.3) is 21.8 Å². The standard InChI is InChI=1S/C20H22F2N2O2/c1-20(2,3)23-7-4-8-26-13-5-6-14-16(11-13)24-17-10-12(21)9-15(22)18(17)19(14)25/h5-6,9-11,23H,4,7-8H2,1-3H3,(H,24,25). The normalized spacial score (nSPS) is 12.0. The van der Waals surface area contributed by atoms with E-state index in [1.165, 1.54) is 0 Å². The molecule has 0 aliphatic carbocycles. The Hall–Kier alpha value is -2.47. The van der Waals surface area contributed by atoms with Gasteiger partial charge in [-0.3, -0.25) is 4.79 Å². The van der Waals surface area contributed by atoms with E-state index in [2.05, 4.69) is 31.1 Å². The van der Waals surface area contributed by atoms with E-state index in [-0.39, 0.29) is 16.4 Å². The van der Waals surface area contributed by atoms with Crippen molar-refractivity contribution in [2.75, 3.05) is 13.2 Å². The van der Waals surface area contributed by atoms with Gasteiger partial charge in [-0.2, -0.15) is 0 Å². The number of fused-ring (bicyclic) bond motifs is 2. The van der Waals surface area contributed by atoms with E-state index in [9.17, 15) is 13.6 Å². The molecule has 0 saturated heterocycles. The van der Waals surface area contributed by atoms with Crippen LogP contribution in [0.4, 0.5) is 8.78 Å². The Morgan fingerprint density at radius 3 is 2.62 bits per heavy atom. The largest absolute Gasteiger partial charge is 0.493 e. The topological polar surface area (TPSA) is 54.1 Å². The molecule has 0 radical (unpaired) electrons. The quantitative estimate of drug-likeness (QED) is 0.532. The van der Waals surface area contributed by atoms with Crippen molar-refractivity contribution >= 4 is 21.8 Å². The van der Waals surface area contributed by atoms with E-state index in [1.807, 2.05) is 0 Å². The fraction of sp³-hybridized carbons (Fsp3) is 0.350. The summed E-state index contributed by atoms with van der Waals surface area (Å²) in [5.74, 6) is -1.00. The number of pyridine rings is 1. The number of ether oxygens (including phenoxy) is 1. The molecule has 3 aromatic rings. The minimum atomic E-state index is -0.866. The molecular formula is C20H22F2N2O2. The lowest BCUT2D eigenvalue weighted by Crippen LogP contribution is -2.36. The van der Waals surface area contributed by atoms with Crippen molar-refractivity contribution in [1.82, 2.24) is 10.3 Å². The first kappa shape index (κ1) is 18.3. The molecule has 138 valence electrons. The number of hydrogen-bond donors (Lipinski definition) is 2. The molecule has 1 aromatic heterocycles. The third kappa shape index (κ3) is 4.02. The molecule has 2 N–H and O–H groups in total. The number of H-pyrrole nitrogens is 1. The van der Waals surface area contributed by atoms with E-state index in [4.69, 9.17) is 4.74 Å². The molecule has 4 nitrogen and oxygen atoms in total. The minimum Gasteiger partial charge on any atom is -0.493 e. The molecule has 2 aromatic carbocycles. The Morgan fingerprint density at radius 2 is 1.88 bits per heavy atom. The molecular weight excluding hydrogens is 338 g/mol. The van der Waals surface area contributed by atoms with E-state index >= 15 is 0 Å². The van der Waals surface area contributed by atoms with Crippen LogP contribution >= 0.6 is 0 Å². The zero-order chi connectivity index (χ0) is 18.9. The summed E-state index contributed by atoms with van der Waals surface area (Å²) in [6.45, 7) is 7.66. The van der Waals surface area contributed by atoms with E-state index in [1.54, 1.807) is 18.2 Å². The molecule has 0 unspecified atom stereocenters. The molecule has 0 aliphatic rings. The zero-order valence-corrected chi connectivity index (χ0v) is 15.1. The molecule has 3 rings (SSSR count). The fourth-order valence-corrected chi connectivity index (χ4v) is 2.82. The maximum absolute atomic E-state index is 13.9. The van der Waals surface area contributed by atoms with Crippen LogP contribution in [0.3, 0.4) is 0 Å². The highest BCUT2D eigenvalue weighted by molar-refractivity contribution is 5.93. The minimum absolute atomic E-state index is 0.0635. The summed E-state index contributed by atoms with van der Waals surface area (Å²) in [5.41, 5.74) is 0.213. The molecule has 0 bridgehead atoms. The zero-order valence-electron chi connectivity index (χ0n) is 15.1. The molecule has 0 fully saturated rings. The van der Waals surface area contributed by atoms with Crippen molar-refractivity contribution in [2.24, 2.45) is 0 Å². The van der Waals surface area contributed by atoms with Crippen molar-refractivity contribution in [3.8, 4) is 5.75 Å². The van der Waals surface area contributed by atoms with Gasteiger partial charge in [-0.25, -0.2) is 8.78 Å². The van der Waals surface area contributed by atoms with Gasteiger partial charge in [-0.05, 0) is 51.9 Å². The number of aromatic amines is 1. The molecule has 6 heteroatoms. The summed E-state index contributed by atoms with van der Waals surface area (Å²) in [6.07, 6.45) is 0.833. The summed E-state index contributed by atoms with van der Waals surface area (Å²) in [7, 11) is 0. The molecule has 0 atom stereocenters. The average Bonchev–Trinajstić information content (AvgIpc) is 2.52. The second-order valence-corrected chi connectivity index (χ2v) is 7.35. The number of aromatic nitrogens is 1. The second-order valence-electron chi connectivity index (χ2n) is 7.35. The summed E-state index contributed by atoms with van der Waals surface area (Å²) in [5, 5.41) is 3.58. The Morgan fingerprint density at radius 1 is 1.12 bits per heavy atom. The molecule has 0 spiro atoms. The van der Waals surface area contributed by atoms with Crippen molar-refractivity contribution < 1.29 is 13.5 Å². The van der Waals surface area contributed by atoms with Crippen LogP contribution in [0.1, 0.15) is 27.2 Å². The van der Waals surface area contributed by atoms with Crippen molar-refractivity contribution in [3.63, 3.8) is 0 Å². The Bertz CT molecular complexity index is 1010. The lowest BCUT2D eigenvalue weighted by molar-refractivity contribution is 0.298. The van der Waals surface area contributed by atoms with Crippen LogP contribution < -0.4 is 15.5 Å². The fourth-order valence-electron chi connectivity index (χ4n) is 2.82. The Balaban J connectivity index is 1.82. The van der Waals surface area contributed by atoms with Crippen LogP contribution in [-0.2, 0) is 0 Å². The van der Waals surface area contributed by atoms with Crippen molar-refractivity contribution in [1.29, 1.82) is 0 Å². The predicted molar refractivity (Wildman–Crippen MR) is 99.9 cm³/mol. The van der Waals surface area contributed by atoms with Gasteiger partial charge < -0.3 is 15.0 Å². The molecule has 1 heterocycles. The number of rotatable bonds is 5. The second kappa shape index (κ2) is 7.03. The highest BCUT2D eigenvalue weighted by Crippen LogP contribution is 2.22. The third-order valence-corrected chi connectivity index (χ3v) is 4.03. The van der Waals surface area contributed by atoms with Crippen LogP contribution in [0.2, 0.25) is 0 Å². The maximum atomic E-state index is 13.9. The van der Waals surface area contributed by atoms with Crippen molar-refractivity contribution in [2.45, 2.75) is 32.7 Å². The lowest BCUT2D eigenvalue weighted by Gasteiger charge is -2.20. The highest BCUT2D eigenvalue weighted by Gasteiger charge is 2.12. The summed E-state index contributed by atoms with van der Waals surface area (Å²) < 4.78 is 33.1. The summed E-state index contributed by atoms with van der Waals surface area (Å²) >= 11 is 0. The van der Waals surface area contributed by atoms with Crippen LogP contribution in [0.5, 0.6) is 5.75 Å². The maximum Gasteiger partial charge on any atom is 0.200 e. The molecule has 0 aliphatic heterocycles. The van der Waals surface area contributed by atoms with Gasteiger partial charge in [-0.1, -0.05) is 0 Å². The van der Waals surface area contributed by atoms with E-state index in [0.717, 1.165) is 19.0 Å². The highest BCUT2D eigenvalue weighted by atomic mass is 19.1. The van der Waals surface area contributed by atoms with Gasteiger partial charge in [0, 0.05) is 23.1 Å². The third-order valence-electron chi connectivity index (χ3n) is 4.03. The summed E-state index contributed by atoms with van der Waals surface area (Å²) in [4.78, 5) is 15.4. The Labute approximate surface area is 150 Å². The number of benzene rings is 2. The van der Waals surface area contributed by atoms with Crippen LogP contribution in [0.15, 0.2) is 35.1 Å². The first-order valence-corrected chi connectivity index (χ1v) is 8.57. The molecule has 26 heavy (non-hydrogen) atoms. The number of nitrogens with one attached hydrogen (secondary N) is 2. The van der Waals surface area contributed by atoms with Gasteiger partial charge in [0.1, 0.15) is 17.4 Å². The van der Waals surface area contributed by atoms with Gasteiger partial charge >= 0.3 is 0 Å². The van der Waals surface area contributed by atoms with Gasteiger partial charge in [0.25, 0.3) is 0 Å². The lowest BCUT2D eigenvalue weighted by atomic mass is 10.1. The smallest absolute Gasteiger partial charge is 0.200 e.